The molecule has 9 nitrogen and oxygen atoms in total. The number of ether oxygens (including phenoxy) is 3. The Labute approximate surface area is 174 Å². The molecule has 0 aliphatic rings. The number of carbonyl (C=O) groups excluding carboxylic acids is 2. The van der Waals surface area contributed by atoms with Gasteiger partial charge in [-0.3, -0.25) is 9.36 Å². The van der Waals surface area contributed by atoms with Gasteiger partial charge in [-0.05, 0) is 20.3 Å². The Morgan fingerprint density at radius 1 is 0.897 bits per heavy atom. The summed E-state index contributed by atoms with van der Waals surface area (Å²) in [6.07, 6.45) is 1.05. The number of hydrogen-bond donors (Lipinski definition) is 0. The minimum Gasteiger partial charge on any atom is -0.464 e. The zero-order chi connectivity index (χ0) is 21.6. The Balaban J connectivity index is 1.82. The third-order valence-corrected chi connectivity index (χ3v) is 4.98. The van der Waals surface area contributed by atoms with E-state index in [2.05, 4.69) is 10.2 Å². The van der Waals surface area contributed by atoms with Gasteiger partial charge in [0.05, 0.1) is 20.3 Å². The number of nitrogens with zero attached hydrogens (tertiary/aromatic N) is 4. The van der Waals surface area contributed by atoms with Crippen LogP contribution in [-0.4, -0.2) is 64.3 Å². The molecule has 0 radical (unpaired) electrons. The maximum atomic E-state index is 12.3. The first-order chi connectivity index (χ1) is 13.8. The number of rotatable bonds is 10. The predicted octanol–water partition coefficient (Wildman–Crippen LogP) is 1.75. The number of carbonyl (C=O) groups is 2. The quantitative estimate of drug-likeness (QED) is 0.324. The molecule has 0 N–H and O–H groups in total. The molecule has 0 unspecified atom stereocenters. The van der Waals surface area contributed by atoms with Gasteiger partial charge in [0, 0.05) is 48.9 Å². The Morgan fingerprint density at radius 3 is 2.00 bits per heavy atom. The lowest BCUT2D eigenvalue weighted by atomic mass is 10.1. The summed E-state index contributed by atoms with van der Waals surface area (Å²) in [4.78, 5) is 24.1. The zero-order valence-corrected chi connectivity index (χ0v) is 18.2. The van der Waals surface area contributed by atoms with Crippen molar-refractivity contribution in [2.45, 2.75) is 26.7 Å². The fourth-order valence-electron chi connectivity index (χ4n) is 2.96. The molecule has 2 aromatic heterocycles. The summed E-state index contributed by atoms with van der Waals surface area (Å²) < 4.78 is 18.9. The molecule has 0 aromatic carbocycles. The second kappa shape index (κ2) is 10.4. The SMILES string of the molecule is COC(=O)c1nn(C)c(C)c1CCOCCOC(=O)c1nn(C)c(C)c1CCCl. The molecule has 0 aliphatic heterocycles. The van der Waals surface area contributed by atoms with Gasteiger partial charge in [-0.2, -0.15) is 10.2 Å². The van der Waals surface area contributed by atoms with Crippen molar-refractivity contribution in [3.8, 4) is 0 Å². The van der Waals surface area contributed by atoms with Crippen LogP contribution in [-0.2, 0) is 41.1 Å². The van der Waals surface area contributed by atoms with Crippen molar-refractivity contribution in [3.63, 3.8) is 0 Å². The van der Waals surface area contributed by atoms with E-state index in [1.54, 1.807) is 23.5 Å². The Hall–Kier alpha value is -2.39. The van der Waals surface area contributed by atoms with Crippen molar-refractivity contribution < 1.29 is 23.8 Å². The zero-order valence-electron chi connectivity index (χ0n) is 17.5. The van der Waals surface area contributed by atoms with Gasteiger partial charge in [0.15, 0.2) is 11.4 Å². The minimum absolute atomic E-state index is 0.102. The number of alkyl halides is 1. The fraction of sp³-hybridized carbons (Fsp3) is 0.579. The number of methoxy groups -OCH3 is 1. The van der Waals surface area contributed by atoms with Gasteiger partial charge in [-0.15, -0.1) is 11.6 Å². The number of halogens is 1. The number of esters is 2. The number of hydrogen-bond acceptors (Lipinski definition) is 7. The van der Waals surface area contributed by atoms with E-state index in [4.69, 9.17) is 25.8 Å². The molecule has 0 atom stereocenters. The smallest absolute Gasteiger partial charge is 0.359 e. The van der Waals surface area contributed by atoms with Crippen molar-refractivity contribution in [2.24, 2.45) is 14.1 Å². The van der Waals surface area contributed by atoms with Gasteiger partial charge in [-0.1, -0.05) is 0 Å². The maximum absolute atomic E-state index is 12.3. The lowest BCUT2D eigenvalue weighted by molar-refractivity contribution is 0.0313. The van der Waals surface area contributed by atoms with E-state index in [-0.39, 0.29) is 13.2 Å². The van der Waals surface area contributed by atoms with Crippen LogP contribution >= 0.6 is 11.6 Å². The molecule has 160 valence electrons. The molecule has 0 saturated heterocycles. The highest BCUT2D eigenvalue weighted by Gasteiger charge is 2.21. The van der Waals surface area contributed by atoms with Crippen LogP contribution in [0.4, 0.5) is 0 Å². The Kier molecular flexibility index (Phi) is 8.21. The third-order valence-electron chi connectivity index (χ3n) is 4.79. The molecule has 2 rings (SSSR count). The highest BCUT2D eigenvalue weighted by atomic mass is 35.5. The Bertz CT molecular complexity index is 875. The fourth-order valence-corrected chi connectivity index (χ4v) is 3.15. The normalized spacial score (nSPS) is 11.0. The largest absolute Gasteiger partial charge is 0.464 e. The van der Waals surface area contributed by atoms with E-state index in [0.717, 1.165) is 22.5 Å². The summed E-state index contributed by atoms with van der Waals surface area (Å²) >= 11 is 5.81. The van der Waals surface area contributed by atoms with Crippen LogP contribution in [0, 0.1) is 13.8 Å². The summed E-state index contributed by atoms with van der Waals surface area (Å²) in [5.41, 5.74) is 3.93. The van der Waals surface area contributed by atoms with Crippen LogP contribution in [0.1, 0.15) is 43.5 Å². The summed E-state index contributed by atoms with van der Waals surface area (Å²) in [6, 6.07) is 0. The van der Waals surface area contributed by atoms with Crippen LogP contribution in [0.25, 0.3) is 0 Å². The monoisotopic (exact) mass is 426 g/mol. The lowest BCUT2D eigenvalue weighted by Gasteiger charge is -2.07. The first-order valence-electron chi connectivity index (χ1n) is 9.25. The van der Waals surface area contributed by atoms with Gasteiger partial charge in [0.1, 0.15) is 6.61 Å². The third kappa shape index (κ3) is 5.36. The molecule has 0 saturated carbocycles. The molecule has 2 heterocycles. The summed E-state index contributed by atoms with van der Waals surface area (Å²) in [5.74, 6) is -0.568. The molecule has 0 fully saturated rings. The van der Waals surface area contributed by atoms with Crippen molar-refractivity contribution in [2.75, 3.05) is 32.8 Å². The van der Waals surface area contributed by atoms with Gasteiger partial charge in [0.2, 0.25) is 0 Å². The second-order valence-corrected chi connectivity index (χ2v) is 6.88. The predicted molar refractivity (Wildman–Crippen MR) is 106 cm³/mol. The first-order valence-corrected chi connectivity index (χ1v) is 9.79. The summed E-state index contributed by atoms with van der Waals surface area (Å²) in [7, 11) is 4.86. The highest BCUT2D eigenvalue weighted by molar-refractivity contribution is 6.18. The average molecular weight is 427 g/mol. The summed E-state index contributed by atoms with van der Waals surface area (Å²) in [6.45, 7) is 4.45. The molecule has 10 heteroatoms. The molecule has 29 heavy (non-hydrogen) atoms. The molecular formula is C19H27ClN4O5. The van der Waals surface area contributed by atoms with Crippen molar-refractivity contribution >= 4 is 23.5 Å². The van der Waals surface area contributed by atoms with Crippen LogP contribution in [0.2, 0.25) is 0 Å². The van der Waals surface area contributed by atoms with Crippen LogP contribution < -0.4 is 0 Å². The highest BCUT2D eigenvalue weighted by Crippen LogP contribution is 2.16. The van der Waals surface area contributed by atoms with E-state index in [9.17, 15) is 9.59 Å². The first kappa shape index (κ1) is 22.9. The van der Waals surface area contributed by atoms with Crippen LogP contribution in [0.15, 0.2) is 0 Å². The van der Waals surface area contributed by atoms with Gasteiger partial charge < -0.3 is 14.2 Å². The van der Waals surface area contributed by atoms with Crippen LogP contribution in [0.5, 0.6) is 0 Å². The van der Waals surface area contributed by atoms with E-state index < -0.39 is 11.9 Å². The topological polar surface area (TPSA) is 97.5 Å². The van der Waals surface area contributed by atoms with Gasteiger partial charge >= 0.3 is 11.9 Å². The van der Waals surface area contributed by atoms with E-state index in [0.29, 0.717) is 36.7 Å². The van der Waals surface area contributed by atoms with Gasteiger partial charge in [-0.25, -0.2) is 9.59 Å². The molecule has 0 spiro atoms. The molecule has 2 aromatic rings. The number of aromatic nitrogens is 4. The maximum Gasteiger partial charge on any atom is 0.359 e. The molecule has 0 aliphatic carbocycles. The average Bonchev–Trinajstić information content (AvgIpc) is 3.15. The van der Waals surface area contributed by atoms with Crippen molar-refractivity contribution in [1.82, 2.24) is 19.6 Å². The molecule has 0 amide bonds. The van der Waals surface area contributed by atoms with E-state index in [1.165, 1.54) is 7.11 Å². The molecular weight excluding hydrogens is 400 g/mol. The van der Waals surface area contributed by atoms with Crippen LogP contribution in [0.3, 0.4) is 0 Å². The van der Waals surface area contributed by atoms with Crippen molar-refractivity contribution in [3.05, 3.63) is 33.9 Å². The van der Waals surface area contributed by atoms with E-state index in [1.807, 2.05) is 13.8 Å². The van der Waals surface area contributed by atoms with Crippen molar-refractivity contribution in [1.29, 1.82) is 0 Å². The second-order valence-electron chi connectivity index (χ2n) is 6.50. The molecule has 0 bridgehead atoms. The lowest BCUT2D eigenvalue weighted by Crippen LogP contribution is -2.14. The summed E-state index contributed by atoms with van der Waals surface area (Å²) in [5, 5.41) is 8.40. The van der Waals surface area contributed by atoms with Gasteiger partial charge in [0.25, 0.3) is 0 Å². The number of aryl methyl sites for hydroxylation is 2. The Morgan fingerprint density at radius 2 is 1.45 bits per heavy atom. The minimum atomic E-state index is -0.492. The van der Waals surface area contributed by atoms with E-state index >= 15 is 0 Å². The standard InChI is InChI=1S/C19H27ClN4O5/c1-12-14(6-8-20)17(22-23(12)3)19(26)29-11-10-28-9-7-15-13(2)24(4)21-16(15)18(25)27-5/h6-11H2,1-5H3.